The number of fused-ring (bicyclic) bond motifs is 1. The maximum absolute atomic E-state index is 12.2. The molecule has 0 aliphatic rings. The molecule has 0 fully saturated rings. The monoisotopic (exact) mass is 287 g/mol. The number of amides is 1. The molecule has 108 valence electrons. The molecule has 0 spiro atoms. The molecule has 8 nitrogen and oxygen atoms in total. The van der Waals surface area contributed by atoms with Crippen molar-refractivity contribution in [2.24, 2.45) is 0 Å². The molecule has 8 heteroatoms. The van der Waals surface area contributed by atoms with Gasteiger partial charge >= 0.3 is 0 Å². The molecule has 0 aliphatic heterocycles. The molecule has 0 aromatic carbocycles. The number of aromatic amines is 2. The van der Waals surface area contributed by atoms with Crippen LogP contribution in [0, 0.1) is 6.92 Å². The molecule has 0 unspecified atom stereocenters. The van der Waals surface area contributed by atoms with Crippen LogP contribution in [0.1, 0.15) is 21.8 Å². The van der Waals surface area contributed by atoms with Crippen LogP contribution in [0.15, 0.2) is 28.1 Å². The minimum absolute atomic E-state index is 0.162. The highest BCUT2D eigenvalue weighted by atomic mass is 16.3. The number of hydrogen-bond donors (Lipinski definition) is 3. The van der Waals surface area contributed by atoms with Crippen molar-refractivity contribution in [3.8, 4) is 0 Å². The Hall–Kier alpha value is -2.90. The molecule has 0 atom stereocenters. The standard InChI is InChI=1S/C13H13N5O3/c1-7-9(10-12(20)17-6-18-13(10)21-7)11(19)15-3-2-8-4-14-5-16-8/h4-6H,2-3H2,1H3,(H,14,16)(H,15,19)(H,17,18,20). The number of carbonyl (C=O) groups excluding carboxylic acids is 1. The first-order valence-electron chi connectivity index (χ1n) is 6.39. The van der Waals surface area contributed by atoms with E-state index in [9.17, 15) is 9.59 Å². The average Bonchev–Trinajstić information content (AvgIpc) is 3.06. The van der Waals surface area contributed by atoms with Crippen molar-refractivity contribution < 1.29 is 9.21 Å². The predicted octanol–water partition coefficient (Wildman–Crippen LogP) is 0.520. The quantitative estimate of drug-likeness (QED) is 0.646. The maximum atomic E-state index is 12.2. The van der Waals surface area contributed by atoms with Crippen molar-refractivity contribution in [2.75, 3.05) is 6.54 Å². The van der Waals surface area contributed by atoms with E-state index < -0.39 is 5.56 Å². The highest BCUT2D eigenvalue weighted by molar-refractivity contribution is 6.06. The van der Waals surface area contributed by atoms with Crippen molar-refractivity contribution in [2.45, 2.75) is 13.3 Å². The lowest BCUT2D eigenvalue weighted by Crippen LogP contribution is -2.27. The van der Waals surface area contributed by atoms with Crippen LogP contribution in [-0.4, -0.2) is 32.4 Å². The molecule has 0 aliphatic carbocycles. The lowest BCUT2D eigenvalue weighted by Gasteiger charge is -2.03. The van der Waals surface area contributed by atoms with E-state index in [0.717, 1.165) is 5.69 Å². The molecule has 0 radical (unpaired) electrons. The first kappa shape index (κ1) is 13.1. The number of H-pyrrole nitrogens is 2. The van der Waals surface area contributed by atoms with E-state index in [1.54, 1.807) is 19.4 Å². The first-order valence-corrected chi connectivity index (χ1v) is 6.39. The summed E-state index contributed by atoms with van der Waals surface area (Å²) < 4.78 is 5.35. The number of furan rings is 1. The van der Waals surface area contributed by atoms with E-state index in [1.807, 2.05) is 0 Å². The van der Waals surface area contributed by atoms with Crippen molar-refractivity contribution in [1.82, 2.24) is 25.3 Å². The van der Waals surface area contributed by atoms with Crippen LogP contribution >= 0.6 is 0 Å². The second-order valence-corrected chi connectivity index (χ2v) is 4.53. The lowest BCUT2D eigenvalue weighted by atomic mass is 10.2. The van der Waals surface area contributed by atoms with E-state index in [0.29, 0.717) is 18.7 Å². The van der Waals surface area contributed by atoms with E-state index in [-0.39, 0.29) is 22.6 Å². The molecule has 0 bridgehead atoms. The van der Waals surface area contributed by atoms with E-state index in [1.165, 1.54) is 6.33 Å². The summed E-state index contributed by atoms with van der Waals surface area (Å²) in [5, 5.41) is 2.93. The molecule has 3 aromatic rings. The number of rotatable bonds is 4. The van der Waals surface area contributed by atoms with Gasteiger partial charge in [-0.1, -0.05) is 0 Å². The Bertz CT molecular complexity index is 831. The smallest absolute Gasteiger partial charge is 0.262 e. The Labute approximate surface area is 118 Å². The van der Waals surface area contributed by atoms with Gasteiger partial charge < -0.3 is 19.7 Å². The lowest BCUT2D eigenvalue weighted by molar-refractivity contribution is 0.0954. The number of nitrogens with zero attached hydrogens (tertiary/aromatic N) is 2. The van der Waals surface area contributed by atoms with Gasteiger partial charge in [0.15, 0.2) is 0 Å². The van der Waals surface area contributed by atoms with Crippen molar-refractivity contribution in [3.63, 3.8) is 0 Å². The maximum Gasteiger partial charge on any atom is 0.262 e. The zero-order valence-electron chi connectivity index (χ0n) is 11.3. The highest BCUT2D eigenvalue weighted by Crippen LogP contribution is 2.20. The molecule has 1 amide bonds. The van der Waals surface area contributed by atoms with Crippen molar-refractivity contribution in [3.05, 3.63) is 46.2 Å². The summed E-state index contributed by atoms with van der Waals surface area (Å²) in [5.41, 5.74) is 0.915. The van der Waals surface area contributed by atoms with Gasteiger partial charge in [-0.25, -0.2) is 9.97 Å². The fraction of sp³-hybridized carbons (Fsp3) is 0.231. The molecular weight excluding hydrogens is 274 g/mol. The van der Waals surface area contributed by atoms with Crippen LogP contribution in [0.3, 0.4) is 0 Å². The topological polar surface area (TPSA) is 117 Å². The number of nitrogens with one attached hydrogen (secondary N) is 3. The Morgan fingerprint density at radius 1 is 1.38 bits per heavy atom. The van der Waals surface area contributed by atoms with Gasteiger partial charge in [0.25, 0.3) is 11.5 Å². The van der Waals surface area contributed by atoms with Crippen LogP contribution < -0.4 is 10.9 Å². The van der Waals surface area contributed by atoms with Crippen LogP contribution in [0.25, 0.3) is 11.1 Å². The highest BCUT2D eigenvalue weighted by Gasteiger charge is 2.21. The number of hydrogen-bond acceptors (Lipinski definition) is 5. The van der Waals surface area contributed by atoms with Crippen LogP contribution in [-0.2, 0) is 6.42 Å². The van der Waals surface area contributed by atoms with Crippen LogP contribution in [0.4, 0.5) is 0 Å². The Kier molecular flexibility index (Phi) is 3.27. The average molecular weight is 287 g/mol. The zero-order chi connectivity index (χ0) is 14.8. The third-order valence-corrected chi connectivity index (χ3v) is 3.13. The molecule has 21 heavy (non-hydrogen) atoms. The van der Waals surface area contributed by atoms with Crippen molar-refractivity contribution >= 4 is 17.0 Å². The molecule has 3 N–H and O–H groups in total. The van der Waals surface area contributed by atoms with Gasteiger partial charge in [-0.2, -0.15) is 0 Å². The summed E-state index contributed by atoms with van der Waals surface area (Å²) in [4.78, 5) is 37.3. The molecule has 3 rings (SSSR count). The Morgan fingerprint density at radius 2 is 2.24 bits per heavy atom. The largest absolute Gasteiger partial charge is 0.442 e. The van der Waals surface area contributed by atoms with Gasteiger partial charge in [0, 0.05) is 24.9 Å². The summed E-state index contributed by atoms with van der Waals surface area (Å²) in [7, 11) is 0. The fourth-order valence-corrected chi connectivity index (χ4v) is 2.15. The summed E-state index contributed by atoms with van der Waals surface area (Å²) in [6, 6.07) is 0. The summed E-state index contributed by atoms with van der Waals surface area (Å²) in [5.74, 6) is 0.0116. The zero-order valence-corrected chi connectivity index (χ0v) is 11.3. The van der Waals surface area contributed by atoms with Gasteiger partial charge in [0.2, 0.25) is 5.71 Å². The van der Waals surface area contributed by atoms with E-state index >= 15 is 0 Å². The fourth-order valence-electron chi connectivity index (χ4n) is 2.15. The van der Waals surface area contributed by atoms with Crippen LogP contribution in [0.5, 0.6) is 0 Å². The summed E-state index contributed by atoms with van der Waals surface area (Å²) in [6.45, 7) is 2.05. The number of carbonyl (C=O) groups is 1. The van der Waals surface area contributed by atoms with Gasteiger partial charge in [0.05, 0.1) is 18.2 Å². The van der Waals surface area contributed by atoms with Gasteiger partial charge in [-0.05, 0) is 6.92 Å². The van der Waals surface area contributed by atoms with Crippen molar-refractivity contribution in [1.29, 1.82) is 0 Å². The second-order valence-electron chi connectivity index (χ2n) is 4.53. The third-order valence-electron chi connectivity index (χ3n) is 3.13. The molecule has 3 heterocycles. The minimum atomic E-state index is -0.393. The van der Waals surface area contributed by atoms with Gasteiger partial charge in [0.1, 0.15) is 11.1 Å². The predicted molar refractivity (Wildman–Crippen MR) is 74.0 cm³/mol. The normalized spacial score (nSPS) is 10.9. The number of imidazole rings is 1. The van der Waals surface area contributed by atoms with Gasteiger partial charge in [-0.15, -0.1) is 0 Å². The Balaban J connectivity index is 1.81. The number of aryl methyl sites for hydroxylation is 1. The summed E-state index contributed by atoms with van der Waals surface area (Å²) in [6.07, 6.45) is 5.14. The van der Waals surface area contributed by atoms with Gasteiger partial charge in [-0.3, -0.25) is 9.59 Å². The molecule has 0 saturated heterocycles. The number of aromatic nitrogens is 4. The third kappa shape index (κ3) is 2.42. The van der Waals surface area contributed by atoms with Crippen LogP contribution in [0.2, 0.25) is 0 Å². The molecule has 0 saturated carbocycles. The first-order chi connectivity index (χ1) is 10.2. The van der Waals surface area contributed by atoms with E-state index in [4.69, 9.17) is 4.42 Å². The Morgan fingerprint density at radius 3 is 3.00 bits per heavy atom. The summed E-state index contributed by atoms with van der Waals surface area (Å²) >= 11 is 0. The molecule has 3 aromatic heterocycles. The van der Waals surface area contributed by atoms with E-state index in [2.05, 4.69) is 25.3 Å². The second kappa shape index (κ2) is 5.23. The SMILES string of the molecule is Cc1oc2nc[nH]c(=O)c2c1C(=O)NCCc1cnc[nH]1. The molecular formula is C13H13N5O3. The minimum Gasteiger partial charge on any atom is -0.442 e.